The first kappa shape index (κ1) is 39.0. The standard InChI is InChI=1S/C56H56N4/c1-7-39-41(9-3)53-49(37-29-21-15-22-30-37)55-43(11-5)44(12-6)56(60-55)50(38-31-23-16-24-32-38)54-42(10-4)40(8-2)52(59-54)48(36-27-19-14-20-28-36)46-34-33-45(57-46)47(51(39)58-53)35-25-17-13-18-26-35/h13-34,57-60H,7-12H2,1-6H3/b47-45-,48-46-,51-47?,52-48?,53-49?,54-50?,55-49-,56-50-. The SMILES string of the molecule is CCc1c2[nH]c(c1CC)/C(c1ccccc1)=c1\[nH]/c(c(CC)c1CC)=C(/c1ccccc1)c1[nH]c(c(CC)c1CC)/C(c1ccccc1)=c1/cc/c([nH]1)=C/2c1ccccc1. The van der Waals surface area contributed by atoms with Crippen LogP contribution in [0.1, 0.15) is 120 Å². The fourth-order valence-corrected chi connectivity index (χ4v) is 10.2. The molecule has 0 saturated heterocycles. The lowest BCUT2D eigenvalue weighted by molar-refractivity contribution is 1.03. The van der Waals surface area contributed by atoms with Crippen molar-refractivity contribution in [3.63, 3.8) is 0 Å². The van der Waals surface area contributed by atoms with Crippen molar-refractivity contribution in [3.8, 4) is 0 Å². The molecule has 8 aromatic rings. The van der Waals surface area contributed by atoms with Gasteiger partial charge in [0.05, 0.1) is 33.5 Å². The summed E-state index contributed by atoms with van der Waals surface area (Å²) >= 11 is 0. The molecule has 300 valence electrons. The molecule has 5 heterocycles. The van der Waals surface area contributed by atoms with E-state index in [-0.39, 0.29) is 0 Å². The monoisotopic (exact) mass is 784 g/mol. The van der Waals surface area contributed by atoms with Gasteiger partial charge in [0, 0.05) is 33.0 Å². The smallest absolute Gasteiger partial charge is 0.0521 e. The second-order valence-electron chi connectivity index (χ2n) is 15.9. The summed E-state index contributed by atoms with van der Waals surface area (Å²) in [6, 6.07) is 48.6. The predicted molar refractivity (Wildman–Crippen MR) is 250 cm³/mol. The first-order valence-corrected chi connectivity index (χ1v) is 22.2. The zero-order valence-electron chi connectivity index (χ0n) is 35.9. The van der Waals surface area contributed by atoms with E-state index in [1.54, 1.807) is 0 Å². The lowest BCUT2D eigenvalue weighted by Gasteiger charge is -2.11. The summed E-state index contributed by atoms with van der Waals surface area (Å²) in [7, 11) is 0. The zero-order valence-corrected chi connectivity index (χ0v) is 35.9. The van der Waals surface area contributed by atoms with Gasteiger partial charge in [-0.15, -0.1) is 0 Å². The number of hydrogen-bond donors (Lipinski definition) is 4. The Morgan fingerprint density at radius 2 is 0.533 bits per heavy atom. The number of H-pyrrole nitrogens is 4. The maximum atomic E-state index is 4.26. The molecule has 4 aromatic carbocycles. The predicted octanol–water partition coefficient (Wildman–Crippen LogP) is 9.68. The molecule has 0 spiro atoms. The summed E-state index contributed by atoms with van der Waals surface area (Å²) in [5.41, 5.74) is 22.5. The molecule has 60 heavy (non-hydrogen) atoms. The zero-order chi connectivity index (χ0) is 41.3. The van der Waals surface area contributed by atoms with Gasteiger partial charge in [0.25, 0.3) is 0 Å². The molecule has 0 atom stereocenters. The van der Waals surface area contributed by atoms with E-state index in [4.69, 9.17) is 0 Å². The van der Waals surface area contributed by atoms with E-state index in [0.717, 1.165) is 49.2 Å². The van der Waals surface area contributed by atoms with Crippen LogP contribution in [-0.2, 0) is 38.5 Å². The highest BCUT2D eigenvalue weighted by Gasteiger charge is 2.28. The third-order valence-electron chi connectivity index (χ3n) is 12.7. The molecule has 0 aliphatic carbocycles. The Hall–Kier alpha value is -6.52. The molecule has 4 aromatic heterocycles. The third-order valence-corrected chi connectivity index (χ3v) is 12.7. The average molecular weight is 785 g/mol. The van der Waals surface area contributed by atoms with Gasteiger partial charge in [-0.25, -0.2) is 0 Å². The summed E-state index contributed by atoms with van der Waals surface area (Å²) in [6.07, 6.45) is 5.40. The maximum Gasteiger partial charge on any atom is 0.0521 e. The largest absolute Gasteiger partial charge is 0.354 e. The minimum atomic E-state index is 0.899. The second-order valence-corrected chi connectivity index (χ2v) is 15.9. The van der Waals surface area contributed by atoms with Crippen LogP contribution in [-0.4, -0.2) is 19.9 Å². The molecule has 4 heteroatoms. The normalized spacial score (nSPS) is 16.4. The number of aromatic nitrogens is 4. The first-order valence-electron chi connectivity index (χ1n) is 22.2. The number of rotatable bonds is 10. The van der Waals surface area contributed by atoms with Crippen LogP contribution >= 0.6 is 0 Å². The van der Waals surface area contributed by atoms with Gasteiger partial charge in [-0.2, -0.15) is 0 Å². The maximum absolute atomic E-state index is 4.26. The van der Waals surface area contributed by atoms with Crippen molar-refractivity contribution in [2.24, 2.45) is 0 Å². The number of benzene rings is 4. The van der Waals surface area contributed by atoms with E-state index < -0.39 is 0 Å². The highest BCUT2D eigenvalue weighted by atomic mass is 14.8. The van der Waals surface area contributed by atoms with Gasteiger partial charge in [-0.3, -0.25) is 0 Å². The summed E-state index contributed by atoms with van der Waals surface area (Å²) < 4.78 is 0. The Balaban J connectivity index is 1.61. The fraction of sp³-hybridized carbons (Fsp3) is 0.214. The van der Waals surface area contributed by atoms with Crippen molar-refractivity contribution in [2.45, 2.75) is 80.1 Å². The average Bonchev–Trinajstić information content (AvgIpc) is 4.09. The van der Waals surface area contributed by atoms with Gasteiger partial charge in [0.1, 0.15) is 0 Å². The summed E-state index contributed by atoms with van der Waals surface area (Å²) in [4.78, 5) is 16.7. The quantitative estimate of drug-likeness (QED) is 0.107. The topological polar surface area (TPSA) is 63.2 Å². The number of aromatic amines is 4. The van der Waals surface area contributed by atoms with Gasteiger partial charge < -0.3 is 19.9 Å². The highest BCUT2D eigenvalue weighted by molar-refractivity contribution is 5.88. The summed E-state index contributed by atoms with van der Waals surface area (Å²) in [6.45, 7) is 13.9. The molecule has 1 aliphatic heterocycles. The van der Waals surface area contributed by atoms with Gasteiger partial charge in [-0.1, -0.05) is 163 Å². The van der Waals surface area contributed by atoms with E-state index in [0.29, 0.717) is 0 Å². The molecule has 9 rings (SSSR count). The van der Waals surface area contributed by atoms with Crippen LogP contribution in [0.2, 0.25) is 0 Å². The number of hydrogen-bond acceptors (Lipinski definition) is 0. The molecule has 1 aliphatic rings. The Morgan fingerprint density at radius 3 is 0.817 bits per heavy atom. The number of nitrogens with one attached hydrogen (secondary N) is 4. The lowest BCUT2D eigenvalue weighted by Crippen LogP contribution is -2.21. The highest BCUT2D eigenvalue weighted by Crippen LogP contribution is 2.36. The molecule has 0 fully saturated rings. The Labute approximate surface area is 354 Å². The van der Waals surface area contributed by atoms with E-state index in [1.807, 2.05) is 0 Å². The molecule has 0 unspecified atom stereocenters. The Morgan fingerprint density at radius 1 is 0.267 bits per heavy atom. The molecule has 0 saturated carbocycles. The van der Waals surface area contributed by atoms with Crippen molar-refractivity contribution < 1.29 is 0 Å². The van der Waals surface area contributed by atoms with Gasteiger partial charge in [0.15, 0.2) is 0 Å². The first-order chi connectivity index (χ1) is 29.5. The molecule has 0 amide bonds. The van der Waals surface area contributed by atoms with Crippen molar-refractivity contribution in [1.82, 2.24) is 19.9 Å². The third kappa shape index (κ3) is 6.46. The van der Waals surface area contributed by atoms with Crippen molar-refractivity contribution in [1.29, 1.82) is 0 Å². The van der Waals surface area contributed by atoms with Crippen LogP contribution in [0.3, 0.4) is 0 Å². The van der Waals surface area contributed by atoms with Crippen LogP contribution in [0.25, 0.3) is 22.3 Å². The molecule has 4 nitrogen and oxygen atoms in total. The molecule has 4 N–H and O–H groups in total. The van der Waals surface area contributed by atoms with Crippen molar-refractivity contribution >= 4 is 22.3 Å². The van der Waals surface area contributed by atoms with E-state index in [1.165, 1.54) is 111 Å². The summed E-state index contributed by atoms with van der Waals surface area (Å²) in [5.74, 6) is 0. The Kier molecular flexibility index (Phi) is 10.8. The van der Waals surface area contributed by atoms with Crippen LogP contribution in [0.5, 0.6) is 0 Å². The minimum absolute atomic E-state index is 0.899. The molecule has 0 radical (unpaired) electrons. The molecule has 8 bridgehead atoms. The van der Waals surface area contributed by atoms with E-state index in [2.05, 4.69) is 195 Å². The fourth-order valence-electron chi connectivity index (χ4n) is 10.2. The number of fused-ring (bicyclic) bond motifs is 8. The van der Waals surface area contributed by atoms with E-state index in [9.17, 15) is 0 Å². The summed E-state index contributed by atoms with van der Waals surface area (Å²) in [5, 5.41) is 4.57. The minimum Gasteiger partial charge on any atom is -0.354 e. The van der Waals surface area contributed by atoms with Crippen LogP contribution < -0.4 is 21.4 Å². The van der Waals surface area contributed by atoms with Gasteiger partial charge in [0.2, 0.25) is 0 Å². The second kappa shape index (κ2) is 16.6. The molecular formula is C56H56N4. The van der Waals surface area contributed by atoms with Crippen LogP contribution in [0, 0.1) is 0 Å². The lowest BCUT2D eigenvalue weighted by atomic mass is 9.91. The van der Waals surface area contributed by atoms with Gasteiger partial charge >= 0.3 is 0 Å². The van der Waals surface area contributed by atoms with Crippen molar-refractivity contribution in [2.75, 3.05) is 0 Å². The Bertz CT molecular complexity index is 2850. The van der Waals surface area contributed by atoms with Gasteiger partial charge in [-0.05, 0) is 106 Å². The van der Waals surface area contributed by atoms with Crippen molar-refractivity contribution in [3.05, 3.63) is 233 Å². The molecular weight excluding hydrogens is 729 g/mol. The van der Waals surface area contributed by atoms with Crippen LogP contribution in [0.15, 0.2) is 133 Å². The van der Waals surface area contributed by atoms with Crippen LogP contribution in [0.4, 0.5) is 0 Å². The van der Waals surface area contributed by atoms with E-state index >= 15 is 0 Å².